The number of fused-ring (bicyclic) bond motifs is 1. The summed E-state index contributed by atoms with van der Waals surface area (Å²) in [6.07, 6.45) is 2.44. The van der Waals surface area contributed by atoms with Crippen molar-refractivity contribution in [2.45, 2.75) is 51.2 Å². The van der Waals surface area contributed by atoms with Crippen LogP contribution in [0.2, 0.25) is 10.0 Å². The predicted molar refractivity (Wildman–Crippen MR) is 131 cm³/mol. The standard InChI is InChI=1S/C26H29Cl2N3O/c1-15-26(16(2)30(3)29-15)18-6-4-17(5-7-18)10-23-21-11-19(27)12-24(28)22(21)13-25(23)31-9-8-20(32)14-31/h4-7,11-12,20,23,25,32H,8-10,13-14H2,1-3H3/t20-,23+,25+/m1/s1. The molecule has 0 spiro atoms. The fourth-order valence-corrected chi connectivity index (χ4v) is 6.27. The third kappa shape index (κ3) is 3.88. The first-order chi connectivity index (χ1) is 15.3. The quantitative estimate of drug-likeness (QED) is 0.561. The minimum Gasteiger partial charge on any atom is -0.392 e. The SMILES string of the molecule is Cc1nn(C)c(C)c1-c1ccc(C[C@H]2c3cc(Cl)cc(Cl)c3C[C@@H]2N2CC[C@@H](O)C2)cc1. The van der Waals surface area contributed by atoms with E-state index in [-0.39, 0.29) is 6.10 Å². The van der Waals surface area contributed by atoms with Gasteiger partial charge in [0.1, 0.15) is 0 Å². The van der Waals surface area contributed by atoms with E-state index in [2.05, 4.69) is 54.2 Å². The second kappa shape index (κ2) is 8.49. The highest BCUT2D eigenvalue weighted by Gasteiger charge is 2.40. The van der Waals surface area contributed by atoms with Crippen LogP contribution in [0.15, 0.2) is 36.4 Å². The maximum atomic E-state index is 10.1. The van der Waals surface area contributed by atoms with Gasteiger partial charge < -0.3 is 5.11 Å². The maximum Gasteiger partial charge on any atom is 0.0679 e. The molecule has 2 heterocycles. The summed E-state index contributed by atoms with van der Waals surface area (Å²) in [5, 5.41) is 16.2. The van der Waals surface area contributed by atoms with Gasteiger partial charge in [-0.15, -0.1) is 0 Å². The zero-order chi connectivity index (χ0) is 22.6. The molecule has 6 heteroatoms. The Kier molecular flexibility index (Phi) is 5.83. The Morgan fingerprint density at radius 3 is 2.50 bits per heavy atom. The number of aliphatic hydroxyl groups excluding tert-OH is 1. The second-order valence-electron chi connectivity index (χ2n) is 9.34. The van der Waals surface area contributed by atoms with Crippen LogP contribution in [0.1, 0.15) is 40.4 Å². The summed E-state index contributed by atoms with van der Waals surface area (Å²) in [7, 11) is 1.99. The highest BCUT2D eigenvalue weighted by molar-refractivity contribution is 6.35. The van der Waals surface area contributed by atoms with Gasteiger partial charge in [0, 0.05) is 53.4 Å². The second-order valence-corrected chi connectivity index (χ2v) is 10.2. The Hall–Kier alpha value is -1.85. The molecule has 1 fully saturated rings. The van der Waals surface area contributed by atoms with Gasteiger partial charge in [-0.1, -0.05) is 47.5 Å². The van der Waals surface area contributed by atoms with Crippen LogP contribution in [0.5, 0.6) is 0 Å². The van der Waals surface area contributed by atoms with E-state index >= 15 is 0 Å². The highest BCUT2D eigenvalue weighted by Crippen LogP contribution is 2.44. The predicted octanol–water partition coefficient (Wildman–Crippen LogP) is 5.33. The normalized spacial score (nSPS) is 23.1. The van der Waals surface area contributed by atoms with Gasteiger partial charge in [-0.3, -0.25) is 9.58 Å². The van der Waals surface area contributed by atoms with Crippen molar-refractivity contribution in [2.24, 2.45) is 7.05 Å². The van der Waals surface area contributed by atoms with Gasteiger partial charge in [0.25, 0.3) is 0 Å². The van der Waals surface area contributed by atoms with Crippen LogP contribution >= 0.6 is 23.2 Å². The van der Waals surface area contributed by atoms with Crippen LogP contribution in [0, 0.1) is 13.8 Å². The number of aryl methyl sites for hydroxylation is 2. The molecule has 3 aromatic rings. The lowest BCUT2D eigenvalue weighted by Gasteiger charge is -2.30. The Morgan fingerprint density at radius 1 is 1.12 bits per heavy atom. The molecular weight excluding hydrogens is 441 g/mol. The van der Waals surface area contributed by atoms with Gasteiger partial charge in [0.2, 0.25) is 0 Å². The fourth-order valence-electron chi connectivity index (χ4n) is 5.68. The summed E-state index contributed by atoms with van der Waals surface area (Å²) in [5.74, 6) is 0.305. The van der Waals surface area contributed by atoms with Crippen molar-refractivity contribution >= 4 is 23.2 Å². The Bertz CT molecular complexity index is 1150. The lowest BCUT2D eigenvalue weighted by molar-refractivity contribution is 0.152. The molecule has 1 aliphatic carbocycles. The molecule has 5 rings (SSSR count). The summed E-state index contributed by atoms with van der Waals surface area (Å²) in [5.41, 5.74) is 8.42. The third-order valence-electron chi connectivity index (χ3n) is 7.34. The lowest BCUT2D eigenvalue weighted by Crippen LogP contribution is -2.37. The van der Waals surface area contributed by atoms with E-state index in [9.17, 15) is 5.11 Å². The number of likely N-dealkylation sites (tertiary alicyclic amines) is 1. The smallest absolute Gasteiger partial charge is 0.0679 e. The zero-order valence-corrected chi connectivity index (χ0v) is 20.3. The fraction of sp³-hybridized carbons (Fsp3) is 0.423. The van der Waals surface area contributed by atoms with Gasteiger partial charge in [-0.05, 0) is 67.5 Å². The molecule has 32 heavy (non-hydrogen) atoms. The molecule has 0 saturated carbocycles. The molecule has 0 unspecified atom stereocenters. The van der Waals surface area contributed by atoms with Gasteiger partial charge in [0.15, 0.2) is 0 Å². The molecule has 1 aromatic heterocycles. The molecule has 2 aliphatic rings. The van der Waals surface area contributed by atoms with Gasteiger partial charge in [-0.25, -0.2) is 0 Å². The number of β-amino-alcohol motifs (C(OH)–C–C–N with tert-alkyl or cyclic N) is 1. The Labute approximate surface area is 199 Å². The molecule has 0 radical (unpaired) electrons. The number of aromatic nitrogens is 2. The van der Waals surface area contributed by atoms with Crippen LogP contribution in [0.3, 0.4) is 0 Å². The number of benzene rings is 2. The van der Waals surface area contributed by atoms with E-state index in [0.717, 1.165) is 43.1 Å². The summed E-state index contributed by atoms with van der Waals surface area (Å²) >= 11 is 13.0. The van der Waals surface area contributed by atoms with Crippen molar-refractivity contribution in [3.05, 3.63) is 74.5 Å². The average Bonchev–Trinajstić information content (AvgIpc) is 3.40. The van der Waals surface area contributed by atoms with E-state index in [1.807, 2.05) is 17.8 Å². The van der Waals surface area contributed by atoms with E-state index in [4.69, 9.17) is 23.2 Å². The topological polar surface area (TPSA) is 41.3 Å². The first kappa shape index (κ1) is 22.0. The summed E-state index contributed by atoms with van der Waals surface area (Å²) < 4.78 is 1.94. The van der Waals surface area contributed by atoms with Crippen molar-refractivity contribution in [3.8, 4) is 11.1 Å². The zero-order valence-electron chi connectivity index (χ0n) is 18.8. The molecular formula is C26H29Cl2N3O. The van der Waals surface area contributed by atoms with Gasteiger partial charge in [-0.2, -0.15) is 5.10 Å². The molecule has 4 nitrogen and oxygen atoms in total. The summed E-state index contributed by atoms with van der Waals surface area (Å²) in [6, 6.07) is 13.2. The van der Waals surface area contributed by atoms with Crippen LogP contribution < -0.4 is 0 Å². The Balaban J connectivity index is 1.46. The first-order valence-electron chi connectivity index (χ1n) is 11.3. The molecule has 1 saturated heterocycles. The lowest BCUT2D eigenvalue weighted by atomic mass is 9.89. The van der Waals surface area contributed by atoms with Crippen molar-refractivity contribution in [1.82, 2.24) is 14.7 Å². The highest BCUT2D eigenvalue weighted by atomic mass is 35.5. The van der Waals surface area contributed by atoms with Crippen molar-refractivity contribution in [3.63, 3.8) is 0 Å². The monoisotopic (exact) mass is 469 g/mol. The molecule has 0 amide bonds. The number of aliphatic hydroxyl groups is 1. The van der Waals surface area contributed by atoms with Crippen LogP contribution in [0.25, 0.3) is 11.1 Å². The largest absolute Gasteiger partial charge is 0.392 e. The molecule has 168 valence electrons. The number of hydrogen-bond donors (Lipinski definition) is 1. The van der Waals surface area contributed by atoms with Gasteiger partial charge >= 0.3 is 0 Å². The number of nitrogens with zero attached hydrogens (tertiary/aromatic N) is 3. The van der Waals surface area contributed by atoms with Crippen LogP contribution in [0.4, 0.5) is 0 Å². The van der Waals surface area contributed by atoms with Crippen molar-refractivity contribution < 1.29 is 5.11 Å². The first-order valence-corrected chi connectivity index (χ1v) is 12.1. The van der Waals surface area contributed by atoms with E-state index < -0.39 is 0 Å². The van der Waals surface area contributed by atoms with Crippen molar-refractivity contribution in [1.29, 1.82) is 0 Å². The minimum absolute atomic E-state index is 0.233. The summed E-state index contributed by atoms with van der Waals surface area (Å²) in [4.78, 5) is 2.44. The third-order valence-corrected chi connectivity index (χ3v) is 7.90. The average molecular weight is 470 g/mol. The minimum atomic E-state index is -0.233. The van der Waals surface area contributed by atoms with Crippen molar-refractivity contribution in [2.75, 3.05) is 13.1 Å². The van der Waals surface area contributed by atoms with Crippen LogP contribution in [-0.2, 0) is 19.9 Å². The van der Waals surface area contributed by atoms with E-state index in [0.29, 0.717) is 17.0 Å². The number of hydrogen-bond acceptors (Lipinski definition) is 3. The van der Waals surface area contributed by atoms with E-state index in [1.54, 1.807) is 0 Å². The number of rotatable bonds is 4. The Morgan fingerprint density at radius 2 is 1.88 bits per heavy atom. The number of halogens is 2. The van der Waals surface area contributed by atoms with Gasteiger partial charge in [0.05, 0.1) is 11.8 Å². The molecule has 3 atom stereocenters. The van der Waals surface area contributed by atoms with E-state index in [1.165, 1.54) is 33.5 Å². The maximum absolute atomic E-state index is 10.1. The molecule has 0 bridgehead atoms. The molecule has 2 aromatic carbocycles. The van der Waals surface area contributed by atoms with Crippen LogP contribution in [-0.4, -0.2) is 45.0 Å². The summed E-state index contributed by atoms with van der Waals surface area (Å²) in [6.45, 7) is 5.84. The molecule has 1 N–H and O–H groups in total. The molecule has 1 aliphatic heterocycles.